The Labute approximate surface area is 132 Å². The van der Waals surface area contributed by atoms with Crippen LogP contribution in [-0.2, 0) is 11.2 Å². The van der Waals surface area contributed by atoms with Gasteiger partial charge in [-0.1, -0.05) is 13.0 Å². The smallest absolute Gasteiger partial charge is 0.226 e. The summed E-state index contributed by atoms with van der Waals surface area (Å²) in [5, 5.41) is 3.41. The number of ether oxygens (including phenoxy) is 1. The normalized spacial score (nSPS) is 22.1. The van der Waals surface area contributed by atoms with Gasteiger partial charge in [-0.05, 0) is 62.9 Å². The van der Waals surface area contributed by atoms with Gasteiger partial charge in [0.25, 0.3) is 0 Å². The van der Waals surface area contributed by atoms with Crippen LogP contribution in [0.3, 0.4) is 0 Å². The summed E-state index contributed by atoms with van der Waals surface area (Å²) in [5.41, 5.74) is 2.27. The summed E-state index contributed by atoms with van der Waals surface area (Å²) in [6.07, 6.45) is 4.16. The van der Waals surface area contributed by atoms with E-state index in [0.29, 0.717) is 13.0 Å². The van der Waals surface area contributed by atoms with E-state index in [-0.39, 0.29) is 12.0 Å². The molecule has 2 aliphatic rings. The van der Waals surface area contributed by atoms with Gasteiger partial charge in [0.1, 0.15) is 11.9 Å². The van der Waals surface area contributed by atoms with E-state index < -0.39 is 0 Å². The van der Waals surface area contributed by atoms with Gasteiger partial charge in [0.15, 0.2) is 0 Å². The van der Waals surface area contributed by atoms with Crippen LogP contribution in [0, 0.1) is 5.92 Å². The van der Waals surface area contributed by atoms with E-state index in [9.17, 15) is 4.79 Å². The first kappa shape index (κ1) is 15.3. The molecule has 1 saturated heterocycles. The second-order valence-corrected chi connectivity index (χ2v) is 6.49. The molecule has 0 aliphatic carbocycles. The maximum Gasteiger partial charge on any atom is 0.226 e. The Morgan fingerprint density at radius 1 is 1.36 bits per heavy atom. The van der Waals surface area contributed by atoms with Crippen LogP contribution >= 0.6 is 0 Å². The van der Waals surface area contributed by atoms with E-state index in [2.05, 4.69) is 17.4 Å². The molecule has 3 rings (SSSR count). The molecular formula is C18H26N2O2. The quantitative estimate of drug-likeness (QED) is 0.933. The van der Waals surface area contributed by atoms with Crippen LogP contribution in [0.4, 0.5) is 5.69 Å². The van der Waals surface area contributed by atoms with E-state index in [0.717, 1.165) is 36.9 Å². The molecule has 1 aromatic carbocycles. The molecule has 0 spiro atoms. The number of nitrogens with one attached hydrogen (secondary N) is 1. The summed E-state index contributed by atoms with van der Waals surface area (Å²) in [6, 6.07) is 6.36. The lowest BCUT2D eigenvalue weighted by atomic mass is 9.90. The molecule has 120 valence electrons. The second-order valence-electron chi connectivity index (χ2n) is 6.49. The number of nitrogens with zero attached hydrogens (tertiary/aromatic N) is 1. The minimum atomic E-state index is 0.0540. The number of fused-ring (bicyclic) bond motifs is 1. The van der Waals surface area contributed by atoms with Crippen LogP contribution in [0.5, 0.6) is 5.75 Å². The monoisotopic (exact) mass is 302 g/mol. The fourth-order valence-electron chi connectivity index (χ4n) is 3.46. The van der Waals surface area contributed by atoms with Crippen molar-refractivity contribution in [3.8, 4) is 5.75 Å². The number of amides is 1. The Kier molecular flexibility index (Phi) is 4.67. The van der Waals surface area contributed by atoms with Crippen molar-refractivity contribution in [1.29, 1.82) is 0 Å². The maximum atomic E-state index is 12.2. The van der Waals surface area contributed by atoms with Crippen molar-refractivity contribution in [1.82, 2.24) is 5.32 Å². The molecule has 1 N–H and O–H groups in total. The zero-order chi connectivity index (χ0) is 15.5. The Balaban J connectivity index is 1.82. The van der Waals surface area contributed by atoms with Crippen LogP contribution in [0.25, 0.3) is 0 Å². The van der Waals surface area contributed by atoms with Gasteiger partial charge in [-0.15, -0.1) is 0 Å². The van der Waals surface area contributed by atoms with E-state index in [1.54, 1.807) is 0 Å². The van der Waals surface area contributed by atoms with Gasteiger partial charge in [0, 0.05) is 6.42 Å². The molecule has 1 atom stereocenters. The molecule has 0 aromatic heterocycles. The van der Waals surface area contributed by atoms with Crippen molar-refractivity contribution >= 4 is 11.6 Å². The van der Waals surface area contributed by atoms with Gasteiger partial charge < -0.3 is 15.0 Å². The Hall–Kier alpha value is -1.55. The number of rotatable bonds is 3. The van der Waals surface area contributed by atoms with Crippen molar-refractivity contribution in [3.63, 3.8) is 0 Å². The third-order valence-electron chi connectivity index (χ3n) is 4.67. The minimum Gasteiger partial charge on any atom is -0.487 e. The molecule has 0 radical (unpaired) electrons. The van der Waals surface area contributed by atoms with Crippen molar-refractivity contribution in [3.05, 3.63) is 23.8 Å². The summed E-state index contributed by atoms with van der Waals surface area (Å²) >= 11 is 0. The lowest BCUT2D eigenvalue weighted by molar-refractivity contribution is -0.118. The predicted octanol–water partition coefficient (Wildman–Crippen LogP) is 2.75. The van der Waals surface area contributed by atoms with Crippen LogP contribution in [0.2, 0.25) is 0 Å². The van der Waals surface area contributed by atoms with Crippen LogP contribution in [0.15, 0.2) is 18.2 Å². The maximum absolute atomic E-state index is 12.2. The highest BCUT2D eigenvalue weighted by molar-refractivity contribution is 5.95. The fraction of sp³-hybridized carbons (Fsp3) is 0.611. The zero-order valence-electron chi connectivity index (χ0n) is 13.6. The molecule has 4 nitrogen and oxygen atoms in total. The third kappa shape index (κ3) is 3.27. The molecule has 1 aromatic rings. The summed E-state index contributed by atoms with van der Waals surface area (Å²) < 4.78 is 5.90. The zero-order valence-corrected chi connectivity index (χ0v) is 13.6. The number of anilines is 1. The van der Waals surface area contributed by atoms with Crippen molar-refractivity contribution in [2.75, 3.05) is 24.5 Å². The first-order valence-electron chi connectivity index (χ1n) is 8.48. The summed E-state index contributed by atoms with van der Waals surface area (Å²) in [4.78, 5) is 14.1. The van der Waals surface area contributed by atoms with Gasteiger partial charge in [-0.2, -0.15) is 0 Å². The van der Waals surface area contributed by atoms with Gasteiger partial charge in [-0.3, -0.25) is 4.79 Å². The standard InChI is InChI=1S/C18H26N2O2/c1-3-18(21)20-12-13(2)22-17-5-4-15(11-16(17)20)10-14-6-8-19-9-7-14/h4-5,11,13-14,19H,3,6-10,12H2,1-2H3. The molecule has 2 heterocycles. The van der Waals surface area contributed by atoms with E-state index >= 15 is 0 Å². The Morgan fingerprint density at radius 3 is 2.86 bits per heavy atom. The predicted molar refractivity (Wildman–Crippen MR) is 88.5 cm³/mol. The molecule has 0 bridgehead atoms. The van der Waals surface area contributed by atoms with Gasteiger partial charge in [0.2, 0.25) is 5.91 Å². The van der Waals surface area contributed by atoms with Gasteiger partial charge in [-0.25, -0.2) is 0 Å². The van der Waals surface area contributed by atoms with Crippen LogP contribution in [-0.4, -0.2) is 31.6 Å². The number of piperidine rings is 1. The summed E-state index contributed by atoms with van der Waals surface area (Å²) in [6.45, 7) is 6.83. The topological polar surface area (TPSA) is 41.6 Å². The largest absolute Gasteiger partial charge is 0.487 e. The molecular weight excluding hydrogens is 276 g/mol. The lowest BCUT2D eigenvalue weighted by Crippen LogP contribution is -2.42. The number of hydrogen-bond acceptors (Lipinski definition) is 3. The van der Waals surface area contributed by atoms with E-state index in [1.807, 2.05) is 24.8 Å². The first-order chi connectivity index (χ1) is 10.7. The third-order valence-corrected chi connectivity index (χ3v) is 4.67. The molecule has 1 amide bonds. The summed E-state index contributed by atoms with van der Waals surface area (Å²) in [7, 11) is 0. The van der Waals surface area contributed by atoms with Crippen LogP contribution < -0.4 is 15.0 Å². The van der Waals surface area contributed by atoms with Crippen molar-refractivity contribution in [2.24, 2.45) is 5.92 Å². The number of hydrogen-bond donors (Lipinski definition) is 1. The number of benzene rings is 1. The van der Waals surface area contributed by atoms with E-state index in [4.69, 9.17) is 4.74 Å². The summed E-state index contributed by atoms with van der Waals surface area (Å²) in [5.74, 6) is 1.77. The Bertz CT molecular complexity index is 538. The minimum absolute atomic E-state index is 0.0540. The molecule has 22 heavy (non-hydrogen) atoms. The average molecular weight is 302 g/mol. The SMILES string of the molecule is CCC(=O)N1CC(C)Oc2ccc(CC3CCNCC3)cc21. The van der Waals surface area contributed by atoms with Crippen molar-refractivity contribution < 1.29 is 9.53 Å². The molecule has 4 heteroatoms. The molecule has 0 saturated carbocycles. The number of carbonyl (C=O) groups excluding carboxylic acids is 1. The van der Waals surface area contributed by atoms with Gasteiger partial charge in [0.05, 0.1) is 12.2 Å². The van der Waals surface area contributed by atoms with Gasteiger partial charge >= 0.3 is 0 Å². The van der Waals surface area contributed by atoms with Crippen molar-refractivity contribution in [2.45, 2.75) is 45.6 Å². The number of carbonyl (C=O) groups is 1. The molecule has 1 unspecified atom stereocenters. The van der Waals surface area contributed by atoms with Crippen LogP contribution in [0.1, 0.15) is 38.7 Å². The molecule has 1 fully saturated rings. The highest BCUT2D eigenvalue weighted by Crippen LogP contribution is 2.35. The molecule has 2 aliphatic heterocycles. The van der Waals surface area contributed by atoms with E-state index in [1.165, 1.54) is 18.4 Å². The Morgan fingerprint density at radius 2 is 2.14 bits per heavy atom. The lowest BCUT2D eigenvalue weighted by Gasteiger charge is -2.34. The first-order valence-corrected chi connectivity index (χ1v) is 8.48. The highest BCUT2D eigenvalue weighted by atomic mass is 16.5. The second kappa shape index (κ2) is 6.69. The fourth-order valence-corrected chi connectivity index (χ4v) is 3.46. The average Bonchev–Trinajstić information content (AvgIpc) is 2.54. The highest BCUT2D eigenvalue weighted by Gasteiger charge is 2.27.